The first-order valence-electron chi connectivity index (χ1n) is 7.12. The van der Waals surface area contributed by atoms with Gasteiger partial charge in [-0.2, -0.15) is 5.10 Å². The van der Waals surface area contributed by atoms with E-state index in [0.717, 1.165) is 39.4 Å². The lowest BCUT2D eigenvalue weighted by molar-refractivity contribution is -0.906. The molecule has 1 saturated heterocycles. The zero-order valence-corrected chi connectivity index (χ0v) is 13.7. The molecule has 4 N–H and O–H groups in total. The Balaban J connectivity index is 1.68. The lowest BCUT2D eigenvalue weighted by Crippen LogP contribution is -3.14. The van der Waals surface area contributed by atoms with E-state index in [-0.39, 0.29) is 5.75 Å². The van der Waals surface area contributed by atoms with E-state index in [4.69, 9.17) is 28.6 Å². The SMILES string of the molecule is Oc1ccc(Cl)cc1/C=N/NC(=S)NCC[NH+]1CCOCC1. The number of morpholine rings is 1. The molecule has 6 nitrogen and oxygen atoms in total. The molecule has 2 rings (SSSR count). The van der Waals surface area contributed by atoms with Crippen LogP contribution in [0.1, 0.15) is 5.56 Å². The molecule has 0 radical (unpaired) electrons. The number of thiocarbonyl (C=S) groups is 1. The van der Waals surface area contributed by atoms with E-state index in [1.54, 1.807) is 12.1 Å². The summed E-state index contributed by atoms with van der Waals surface area (Å²) < 4.78 is 5.31. The quantitative estimate of drug-likeness (QED) is 0.337. The number of benzene rings is 1. The fourth-order valence-corrected chi connectivity index (χ4v) is 2.43. The van der Waals surface area contributed by atoms with Gasteiger partial charge in [-0.05, 0) is 30.4 Å². The highest BCUT2D eigenvalue weighted by atomic mass is 35.5. The highest BCUT2D eigenvalue weighted by molar-refractivity contribution is 7.80. The summed E-state index contributed by atoms with van der Waals surface area (Å²) in [6.07, 6.45) is 1.47. The van der Waals surface area contributed by atoms with Gasteiger partial charge in [0.1, 0.15) is 18.8 Å². The first kappa shape index (κ1) is 17.0. The highest BCUT2D eigenvalue weighted by Crippen LogP contribution is 2.19. The van der Waals surface area contributed by atoms with E-state index in [0.29, 0.717) is 15.7 Å². The number of ether oxygens (including phenoxy) is 1. The zero-order valence-electron chi connectivity index (χ0n) is 12.1. The second-order valence-electron chi connectivity index (χ2n) is 4.94. The van der Waals surface area contributed by atoms with Crippen LogP contribution in [-0.2, 0) is 4.74 Å². The molecule has 0 saturated carbocycles. The van der Waals surface area contributed by atoms with Crippen molar-refractivity contribution in [3.8, 4) is 5.75 Å². The summed E-state index contributed by atoms with van der Waals surface area (Å²) >= 11 is 11.0. The molecule has 0 amide bonds. The normalized spacial score (nSPS) is 15.9. The standard InChI is InChI=1S/C14H19ClN4O2S/c15-12-1-2-13(20)11(9-12)10-17-18-14(22)16-3-4-19-5-7-21-8-6-19/h1-2,9-10,20H,3-8H2,(H2,16,18,22)/p+1/b17-10+. The Morgan fingerprint density at radius 3 is 3.00 bits per heavy atom. The molecule has 0 bridgehead atoms. The summed E-state index contributed by atoms with van der Waals surface area (Å²) in [4.78, 5) is 1.51. The van der Waals surface area contributed by atoms with Crippen LogP contribution in [-0.4, -0.2) is 55.8 Å². The summed E-state index contributed by atoms with van der Waals surface area (Å²) in [5.74, 6) is 0.116. The molecule has 120 valence electrons. The third-order valence-electron chi connectivity index (χ3n) is 3.32. The van der Waals surface area contributed by atoms with Crippen molar-refractivity contribution in [2.45, 2.75) is 0 Å². The summed E-state index contributed by atoms with van der Waals surface area (Å²) in [6, 6.07) is 4.76. The number of phenols is 1. The van der Waals surface area contributed by atoms with Gasteiger partial charge in [-0.15, -0.1) is 0 Å². The molecule has 1 aromatic rings. The Hall–Kier alpha value is -1.41. The monoisotopic (exact) mass is 343 g/mol. The zero-order chi connectivity index (χ0) is 15.8. The maximum absolute atomic E-state index is 9.65. The van der Waals surface area contributed by atoms with E-state index < -0.39 is 0 Å². The van der Waals surface area contributed by atoms with Crippen molar-refractivity contribution in [3.63, 3.8) is 0 Å². The van der Waals surface area contributed by atoms with Gasteiger partial charge in [0.05, 0.1) is 32.5 Å². The van der Waals surface area contributed by atoms with Crippen LogP contribution >= 0.6 is 23.8 Å². The van der Waals surface area contributed by atoms with E-state index >= 15 is 0 Å². The second kappa shape index (κ2) is 8.89. The number of hydrazone groups is 1. The van der Waals surface area contributed by atoms with Gasteiger partial charge in [-0.1, -0.05) is 11.6 Å². The van der Waals surface area contributed by atoms with Gasteiger partial charge in [0.25, 0.3) is 0 Å². The van der Waals surface area contributed by atoms with Crippen LogP contribution in [0.4, 0.5) is 0 Å². The second-order valence-corrected chi connectivity index (χ2v) is 5.79. The molecule has 22 heavy (non-hydrogen) atoms. The van der Waals surface area contributed by atoms with Gasteiger partial charge in [-0.3, -0.25) is 5.43 Å². The summed E-state index contributed by atoms with van der Waals surface area (Å²) in [7, 11) is 0. The third-order valence-corrected chi connectivity index (χ3v) is 3.79. The minimum absolute atomic E-state index is 0.116. The lowest BCUT2D eigenvalue weighted by Gasteiger charge is -2.23. The summed E-state index contributed by atoms with van der Waals surface area (Å²) in [6.45, 7) is 5.49. The van der Waals surface area contributed by atoms with Gasteiger partial charge in [0.2, 0.25) is 0 Å². The van der Waals surface area contributed by atoms with E-state index in [2.05, 4.69) is 15.8 Å². The van der Waals surface area contributed by atoms with Crippen LogP contribution in [0.25, 0.3) is 0 Å². The predicted molar refractivity (Wildman–Crippen MR) is 90.8 cm³/mol. The predicted octanol–water partition coefficient (Wildman–Crippen LogP) is -0.241. The number of hydrogen-bond acceptors (Lipinski definition) is 4. The molecule has 8 heteroatoms. The van der Waals surface area contributed by atoms with Gasteiger partial charge in [0.15, 0.2) is 5.11 Å². The molecule has 0 atom stereocenters. The van der Waals surface area contributed by atoms with Crippen molar-refractivity contribution < 1.29 is 14.7 Å². The Labute approximate surface area is 140 Å². The molecular formula is C14H20ClN4O2S+. The Morgan fingerprint density at radius 2 is 2.23 bits per heavy atom. The molecule has 0 aliphatic carbocycles. The number of aromatic hydroxyl groups is 1. The van der Waals surface area contributed by atoms with E-state index in [1.165, 1.54) is 17.2 Å². The minimum atomic E-state index is 0.116. The number of hydrogen-bond donors (Lipinski definition) is 4. The van der Waals surface area contributed by atoms with Crippen molar-refractivity contribution >= 4 is 35.1 Å². The first-order chi connectivity index (χ1) is 10.6. The molecule has 1 aromatic carbocycles. The third kappa shape index (κ3) is 5.76. The van der Waals surface area contributed by atoms with Gasteiger partial charge in [0, 0.05) is 10.6 Å². The van der Waals surface area contributed by atoms with Crippen molar-refractivity contribution in [2.24, 2.45) is 5.10 Å². The number of nitrogens with zero attached hydrogens (tertiary/aromatic N) is 1. The molecule has 1 fully saturated rings. The van der Waals surface area contributed by atoms with Crippen LogP contribution < -0.4 is 15.6 Å². The topological polar surface area (TPSA) is 70.3 Å². The maximum atomic E-state index is 9.65. The van der Waals surface area contributed by atoms with Gasteiger partial charge < -0.3 is 20.1 Å². The van der Waals surface area contributed by atoms with Crippen LogP contribution in [0.5, 0.6) is 5.75 Å². The molecule has 0 unspecified atom stereocenters. The van der Waals surface area contributed by atoms with Gasteiger partial charge in [-0.25, -0.2) is 0 Å². The molecule has 0 spiro atoms. The Kier molecular flexibility index (Phi) is 6.85. The average Bonchev–Trinajstić information content (AvgIpc) is 2.52. The lowest BCUT2D eigenvalue weighted by atomic mass is 10.2. The number of nitrogens with one attached hydrogen (secondary N) is 3. The van der Waals surface area contributed by atoms with E-state index in [1.807, 2.05) is 0 Å². The van der Waals surface area contributed by atoms with Gasteiger partial charge >= 0.3 is 0 Å². The largest absolute Gasteiger partial charge is 0.507 e. The smallest absolute Gasteiger partial charge is 0.187 e. The summed E-state index contributed by atoms with van der Waals surface area (Å²) in [5.41, 5.74) is 3.25. The molecule has 1 aliphatic heterocycles. The molecular weight excluding hydrogens is 324 g/mol. The number of quaternary nitrogens is 1. The van der Waals surface area contributed by atoms with Crippen LogP contribution in [0.3, 0.4) is 0 Å². The number of halogens is 1. The van der Waals surface area contributed by atoms with Crippen LogP contribution in [0, 0.1) is 0 Å². The van der Waals surface area contributed by atoms with Crippen molar-refractivity contribution in [1.29, 1.82) is 0 Å². The Bertz CT molecular complexity index is 536. The maximum Gasteiger partial charge on any atom is 0.187 e. The number of phenolic OH excluding ortho intramolecular Hbond substituents is 1. The minimum Gasteiger partial charge on any atom is -0.507 e. The fraction of sp³-hybridized carbons (Fsp3) is 0.429. The molecule has 1 heterocycles. The van der Waals surface area contributed by atoms with Crippen molar-refractivity contribution in [3.05, 3.63) is 28.8 Å². The fourth-order valence-electron chi connectivity index (χ4n) is 2.09. The summed E-state index contributed by atoms with van der Waals surface area (Å²) in [5, 5.41) is 17.7. The van der Waals surface area contributed by atoms with Crippen LogP contribution in [0.15, 0.2) is 23.3 Å². The van der Waals surface area contributed by atoms with Crippen LogP contribution in [0.2, 0.25) is 5.02 Å². The van der Waals surface area contributed by atoms with E-state index in [9.17, 15) is 5.11 Å². The highest BCUT2D eigenvalue weighted by Gasteiger charge is 2.12. The molecule has 1 aliphatic rings. The molecule has 0 aromatic heterocycles. The van der Waals surface area contributed by atoms with Crippen molar-refractivity contribution in [2.75, 3.05) is 39.4 Å². The first-order valence-corrected chi connectivity index (χ1v) is 7.90. The van der Waals surface area contributed by atoms with Crippen molar-refractivity contribution in [1.82, 2.24) is 10.7 Å². The Morgan fingerprint density at radius 1 is 1.45 bits per heavy atom. The average molecular weight is 344 g/mol. The number of rotatable bonds is 5.